The van der Waals surface area contributed by atoms with Crippen molar-refractivity contribution in [2.45, 2.75) is 38.3 Å². The molecule has 1 aromatic rings. The van der Waals surface area contributed by atoms with Crippen LogP contribution >= 0.6 is 0 Å². The van der Waals surface area contributed by atoms with E-state index in [1.807, 2.05) is 0 Å². The first kappa shape index (κ1) is 13.9. The summed E-state index contributed by atoms with van der Waals surface area (Å²) in [6.45, 7) is 1.95. The predicted molar refractivity (Wildman–Crippen MR) is 57.4 cm³/mol. The minimum absolute atomic E-state index is 0.171. The largest absolute Gasteiger partial charge is 0.522 e. The molecule has 0 unspecified atom stereocenters. The number of hydrogen-bond acceptors (Lipinski definition) is 4. The quantitative estimate of drug-likeness (QED) is 0.793. The molecule has 0 aliphatic heterocycles. The summed E-state index contributed by atoms with van der Waals surface area (Å²) in [5.74, 6) is -0.490. The van der Waals surface area contributed by atoms with Gasteiger partial charge >= 0.3 is 12.3 Å². The van der Waals surface area contributed by atoms with Gasteiger partial charge in [0.25, 0.3) is 0 Å². The van der Waals surface area contributed by atoms with E-state index in [2.05, 4.69) is 9.84 Å². The molecule has 1 aliphatic rings. The van der Waals surface area contributed by atoms with Crippen molar-refractivity contribution in [3.05, 3.63) is 18.0 Å². The van der Waals surface area contributed by atoms with Crippen molar-refractivity contribution < 1.29 is 27.4 Å². The van der Waals surface area contributed by atoms with Crippen LogP contribution in [0.2, 0.25) is 0 Å². The Morgan fingerprint density at radius 3 is 2.79 bits per heavy atom. The van der Waals surface area contributed by atoms with Crippen molar-refractivity contribution in [1.29, 1.82) is 0 Å². The van der Waals surface area contributed by atoms with Crippen LogP contribution in [0.5, 0.6) is 0 Å². The van der Waals surface area contributed by atoms with E-state index < -0.39 is 18.4 Å². The van der Waals surface area contributed by atoms with Crippen LogP contribution in [0.15, 0.2) is 12.4 Å². The van der Waals surface area contributed by atoms with E-state index in [1.165, 1.54) is 17.1 Å². The topological polar surface area (TPSA) is 53.3 Å². The van der Waals surface area contributed by atoms with Crippen LogP contribution in [0, 0.1) is 0 Å². The van der Waals surface area contributed by atoms with E-state index in [0.29, 0.717) is 5.56 Å². The highest BCUT2D eigenvalue weighted by Gasteiger charge is 2.41. The first-order valence-corrected chi connectivity index (χ1v) is 5.85. The van der Waals surface area contributed by atoms with Gasteiger partial charge in [-0.25, -0.2) is 4.79 Å². The highest BCUT2D eigenvalue weighted by Crippen LogP contribution is 2.37. The SMILES string of the molecule is CCOC(=O)c1cnn([C@H]2C[C@@H](OC(F)(F)F)C2)c1. The van der Waals surface area contributed by atoms with E-state index in [-0.39, 0.29) is 25.5 Å². The zero-order valence-electron chi connectivity index (χ0n) is 10.2. The summed E-state index contributed by atoms with van der Waals surface area (Å²) in [7, 11) is 0. The van der Waals surface area contributed by atoms with Gasteiger partial charge in [-0.1, -0.05) is 0 Å². The zero-order valence-corrected chi connectivity index (χ0v) is 10.2. The highest BCUT2D eigenvalue weighted by atomic mass is 19.4. The molecular formula is C11H13F3N2O3. The van der Waals surface area contributed by atoms with Gasteiger partial charge in [-0.05, 0) is 19.8 Å². The van der Waals surface area contributed by atoms with E-state index in [9.17, 15) is 18.0 Å². The Labute approximate surface area is 107 Å². The lowest BCUT2D eigenvalue weighted by Crippen LogP contribution is -2.37. The molecule has 1 aliphatic carbocycles. The highest BCUT2D eigenvalue weighted by molar-refractivity contribution is 5.88. The second kappa shape index (κ2) is 5.20. The summed E-state index contributed by atoms with van der Waals surface area (Å²) in [4.78, 5) is 11.4. The normalized spacial score (nSPS) is 22.9. The van der Waals surface area contributed by atoms with Crippen molar-refractivity contribution in [3.63, 3.8) is 0 Å². The number of nitrogens with zero attached hydrogens (tertiary/aromatic N) is 2. The molecule has 1 aromatic heterocycles. The maximum absolute atomic E-state index is 11.9. The fourth-order valence-electron chi connectivity index (χ4n) is 1.90. The van der Waals surface area contributed by atoms with Crippen molar-refractivity contribution in [1.82, 2.24) is 9.78 Å². The number of aromatic nitrogens is 2. The standard InChI is InChI=1S/C11H13F3N2O3/c1-2-18-10(17)7-5-15-16(6-7)8-3-9(4-8)19-11(12,13)14/h5-6,8-9H,2-4H2,1H3/t8-,9+. The third-order valence-corrected chi connectivity index (χ3v) is 2.86. The Morgan fingerprint density at radius 1 is 1.53 bits per heavy atom. The predicted octanol–water partition coefficient (Wildman–Crippen LogP) is 2.30. The Kier molecular flexibility index (Phi) is 3.79. The lowest BCUT2D eigenvalue weighted by atomic mass is 9.89. The van der Waals surface area contributed by atoms with Gasteiger partial charge in [0.2, 0.25) is 0 Å². The Hall–Kier alpha value is -1.57. The number of carbonyl (C=O) groups excluding carboxylic acids is 1. The summed E-state index contributed by atoms with van der Waals surface area (Å²) in [5.41, 5.74) is 0.294. The molecule has 8 heteroatoms. The average molecular weight is 278 g/mol. The van der Waals surface area contributed by atoms with Gasteiger partial charge in [-0.15, -0.1) is 13.2 Å². The molecule has 0 atom stereocenters. The van der Waals surface area contributed by atoms with Crippen LogP contribution in [0.4, 0.5) is 13.2 Å². The van der Waals surface area contributed by atoms with E-state index in [0.717, 1.165) is 0 Å². The number of carbonyl (C=O) groups is 1. The first-order valence-electron chi connectivity index (χ1n) is 5.85. The number of hydrogen-bond donors (Lipinski definition) is 0. The van der Waals surface area contributed by atoms with Gasteiger partial charge in [0.1, 0.15) is 0 Å². The summed E-state index contributed by atoms with van der Waals surface area (Å²) < 4.78 is 46.0. The molecule has 0 radical (unpaired) electrons. The molecule has 0 N–H and O–H groups in total. The summed E-state index contributed by atoms with van der Waals surface area (Å²) in [6.07, 6.45) is -2.16. The Bertz CT molecular complexity index is 452. The van der Waals surface area contributed by atoms with Gasteiger partial charge in [-0.2, -0.15) is 5.10 Å². The molecule has 0 aromatic carbocycles. The van der Waals surface area contributed by atoms with E-state index >= 15 is 0 Å². The zero-order chi connectivity index (χ0) is 14.0. The monoisotopic (exact) mass is 278 g/mol. The summed E-state index contributed by atoms with van der Waals surface area (Å²) in [6, 6.07) is -0.171. The number of esters is 1. The van der Waals surface area contributed by atoms with Crippen molar-refractivity contribution >= 4 is 5.97 Å². The van der Waals surface area contributed by atoms with Crippen molar-refractivity contribution in [2.24, 2.45) is 0 Å². The molecule has 0 spiro atoms. The molecule has 1 saturated carbocycles. The second-order valence-electron chi connectivity index (χ2n) is 4.24. The molecule has 1 fully saturated rings. The minimum atomic E-state index is -4.60. The fourth-order valence-corrected chi connectivity index (χ4v) is 1.90. The van der Waals surface area contributed by atoms with Gasteiger partial charge in [-0.3, -0.25) is 9.42 Å². The lowest BCUT2D eigenvalue weighted by molar-refractivity contribution is -0.353. The van der Waals surface area contributed by atoms with E-state index in [1.54, 1.807) is 6.92 Å². The fraction of sp³-hybridized carbons (Fsp3) is 0.636. The summed E-state index contributed by atoms with van der Waals surface area (Å²) in [5, 5.41) is 3.95. The van der Waals surface area contributed by atoms with Crippen LogP contribution in [-0.4, -0.2) is 34.8 Å². The molecule has 0 bridgehead atoms. The van der Waals surface area contributed by atoms with Gasteiger partial charge in [0.15, 0.2) is 0 Å². The Balaban J connectivity index is 1.87. The molecule has 106 valence electrons. The maximum atomic E-state index is 11.9. The van der Waals surface area contributed by atoms with Crippen molar-refractivity contribution in [2.75, 3.05) is 6.61 Å². The maximum Gasteiger partial charge on any atom is 0.522 e. The second-order valence-corrected chi connectivity index (χ2v) is 4.24. The molecule has 19 heavy (non-hydrogen) atoms. The van der Waals surface area contributed by atoms with Crippen molar-refractivity contribution in [3.8, 4) is 0 Å². The van der Waals surface area contributed by atoms with Gasteiger partial charge < -0.3 is 4.74 Å². The number of halogens is 3. The molecule has 1 heterocycles. The smallest absolute Gasteiger partial charge is 0.462 e. The third kappa shape index (κ3) is 3.46. The van der Waals surface area contributed by atoms with Crippen LogP contribution in [-0.2, 0) is 9.47 Å². The average Bonchev–Trinajstić information content (AvgIpc) is 2.70. The van der Waals surface area contributed by atoms with Crippen LogP contribution in [0.1, 0.15) is 36.2 Å². The number of alkyl halides is 3. The van der Waals surface area contributed by atoms with Gasteiger partial charge in [0, 0.05) is 6.20 Å². The molecule has 0 saturated heterocycles. The molecule has 0 amide bonds. The first-order chi connectivity index (χ1) is 8.89. The molecule has 2 rings (SSSR count). The Morgan fingerprint density at radius 2 is 2.21 bits per heavy atom. The number of rotatable bonds is 4. The molecular weight excluding hydrogens is 265 g/mol. The summed E-state index contributed by atoms with van der Waals surface area (Å²) >= 11 is 0. The minimum Gasteiger partial charge on any atom is -0.462 e. The number of ether oxygens (including phenoxy) is 2. The molecule has 5 nitrogen and oxygen atoms in total. The lowest BCUT2D eigenvalue weighted by Gasteiger charge is -2.35. The van der Waals surface area contributed by atoms with Gasteiger partial charge in [0.05, 0.1) is 30.5 Å². The van der Waals surface area contributed by atoms with Crippen LogP contribution < -0.4 is 0 Å². The van der Waals surface area contributed by atoms with Crippen LogP contribution in [0.25, 0.3) is 0 Å². The van der Waals surface area contributed by atoms with E-state index in [4.69, 9.17) is 4.74 Å². The van der Waals surface area contributed by atoms with Crippen LogP contribution in [0.3, 0.4) is 0 Å². The third-order valence-electron chi connectivity index (χ3n) is 2.86.